The summed E-state index contributed by atoms with van der Waals surface area (Å²) in [5.74, 6) is -0.184. The van der Waals surface area contributed by atoms with Gasteiger partial charge in [0.15, 0.2) is 10.9 Å². The van der Waals surface area contributed by atoms with Crippen LogP contribution in [-0.4, -0.2) is 69.5 Å². The quantitative estimate of drug-likeness (QED) is 0.176. The first-order valence-corrected chi connectivity index (χ1v) is 16.8. The molecule has 0 fully saturated rings. The van der Waals surface area contributed by atoms with Gasteiger partial charge < -0.3 is 30.4 Å². The molecular weight excluding hydrogens is 624 g/mol. The van der Waals surface area contributed by atoms with E-state index in [2.05, 4.69) is 20.6 Å². The van der Waals surface area contributed by atoms with Crippen LogP contribution in [0.3, 0.4) is 0 Å². The smallest absolute Gasteiger partial charge is 0.247 e. The number of nitrogens with one attached hydrogen (secondary N) is 1. The van der Waals surface area contributed by atoms with E-state index in [4.69, 9.17) is 33.7 Å². The number of anilines is 2. The molecule has 11 nitrogen and oxygen atoms in total. The summed E-state index contributed by atoms with van der Waals surface area (Å²) in [6, 6.07) is 18.4. The Morgan fingerprint density at radius 1 is 1.14 bits per heavy atom. The fourth-order valence-electron chi connectivity index (χ4n) is 4.76. The molecule has 1 aromatic heterocycles. The highest BCUT2D eigenvalue weighted by Crippen LogP contribution is 2.36. The number of aromatic nitrogens is 3. The molecule has 0 radical (unpaired) electrons. The van der Waals surface area contributed by atoms with Crippen LogP contribution < -0.4 is 16.4 Å². The molecule has 228 valence electrons. The number of aliphatic hydroxyl groups is 1. The maximum Gasteiger partial charge on any atom is 0.247 e. The van der Waals surface area contributed by atoms with Crippen LogP contribution in [0.25, 0.3) is 5.69 Å². The number of hydrogen-bond acceptors (Lipinski definition) is 9. The molecule has 2 atom stereocenters. The first kappa shape index (κ1) is 31.3. The third-order valence-electron chi connectivity index (χ3n) is 7.01. The van der Waals surface area contributed by atoms with Gasteiger partial charge in [0.25, 0.3) is 0 Å². The van der Waals surface area contributed by atoms with Crippen molar-refractivity contribution in [1.82, 2.24) is 19.9 Å². The summed E-state index contributed by atoms with van der Waals surface area (Å²) < 4.78 is 19.7. The molecule has 2 heterocycles. The number of halogens is 2. The fourth-order valence-corrected chi connectivity index (χ4v) is 5.94. The molecule has 0 spiro atoms. The predicted molar refractivity (Wildman–Crippen MR) is 173 cm³/mol. The molecule has 14 heteroatoms. The summed E-state index contributed by atoms with van der Waals surface area (Å²) in [7, 11) is -1.09. The molecule has 1 aliphatic rings. The highest BCUT2D eigenvalue weighted by Gasteiger charge is 2.34. The number of nitrogens with two attached hydrogens (primary N) is 1. The number of nitrogens with zero attached hydrogens (tertiary/aromatic N) is 5. The van der Waals surface area contributed by atoms with Crippen molar-refractivity contribution >= 4 is 58.6 Å². The topological polar surface area (TPSA) is 148 Å². The number of hydrogen-bond donors (Lipinski definition) is 3. The number of aliphatic hydroxyl groups excluding tert-OH is 1. The average molecular weight is 654 g/mol. The molecule has 0 bridgehead atoms. The second-order valence-corrected chi connectivity index (χ2v) is 14.5. The lowest BCUT2D eigenvalue weighted by Crippen LogP contribution is -2.49. The summed E-state index contributed by atoms with van der Waals surface area (Å²) >= 11 is 12.4. The Hall–Kier alpha value is -4.15. The van der Waals surface area contributed by atoms with Gasteiger partial charge >= 0.3 is 0 Å². The third kappa shape index (κ3) is 6.81. The van der Waals surface area contributed by atoms with Crippen LogP contribution in [0.1, 0.15) is 11.1 Å². The number of methoxy groups -OCH3 is 1. The van der Waals surface area contributed by atoms with E-state index in [0.29, 0.717) is 27.3 Å². The van der Waals surface area contributed by atoms with Crippen molar-refractivity contribution in [1.29, 1.82) is 0 Å². The number of aliphatic imine (C=N–C) groups is 1. The van der Waals surface area contributed by atoms with Crippen molar-refractivity contribution in [3.05, 3.63) is 106 Å². The molecular formula is C30H30Cl2N7O4P. The molecule has 4 N–H and O–H groups in total. The fraction of sp³-hybridized carbons (Fsp3) is 0.200. The second kappa shape index (κ2) is 12.8. The minimum Gasteiger partial charge on any atom is -0.493 e. The average Bonchev–Trinajstić information content (AvgIpc) is 3.42. The van der Waals surface area contributed by atoms with Crippen molar-refractivity contribution in [2.75, 3.05) is 31.5 Å². The Balaban J connectivity index is 1.52. The van der Waals surface area contributed by atoms with Crippen molar-refractivity contribution in [3.63, 3.8) is 0 Å². The molecule has 5 rings (SSSR count). The standard InChI is InChI=1S/C30H30Cl2N7O4P/c1-43-26-16-38(30(41)35-28(26)21-14-19(31)9-12-24(21)39-17-27(32)36-37-39)25(13-18-7-5-4-6-8-18)29(40)34-23-11-10-20(15-22(23)33)44(2,3)42/h4-12,14-17,25,30,41H,13,33H2,1-3H3,(H,34,40). The summed E-state index contributed by atoms with van der Waals surface area (Å²) in [5, 5.41) is 23.4. The van der Waals surface area contributed by atoms with E-state index >= 15 is 0 Å². The van der Waals surface area contributed by atoms with Crippen LogP contribution >= 0.6 is 30.3 Å². The molecule has 0 aliphatic carbocycles. The summed E-state index contributed by atoms with van der Waals surface area (Å²) in [4.78, 5) is 19.8. The van der Waals surface area contributed by atoms with Crippen LogP contribution in [0.15, 0.2) is 89.9 Å². The lowest BCUT2D eigenvalue weighted by atomic mass is 10.0. The zero-order valence-corrected chi connectivity index (χ0v) is 26.5. The van der Waals surface area contributed by atoms with Crippen LogP contribution in [-0.2, 0) is 20.5 Å². The zero-order chi connectivity index (χ0) is 31.6. The lowest BCUT2D eigenvalue weighted by Gasteiger charge is -2.35. The molecule has 1 amide bonds. The van der Waals surface area contributed by atoms with Gasteiger partial charge in [0.2, 0.25) is 12.3 Å². The largest absolute Gasteiger partial charge is 0.493 e. The molecule has 0 saturated heterocycles. The van der Waals surface area contributed by atoms with E-state index in [1.807, 2.05) is 30.3 Å². The molecule has 4 aromatic rings. The zero-order valence-electron chi connectivity index (χ0n) is 24.1. The van der Waals surface area contributed by atoms with Gasteiger partial charge in [0.05, 0.1) is 30.4 Å². The van der Waals surface area contributed by atoms with Gasteiger partial charge in [-0.1, -0.05) is 58.7 Å². The van der Waals surface area contributed by atoms with Gasteiger partial charge in [0, 0.05) is 28.5 Å². The summed E-state index contributed by atoms with van der Waals surface area (Å²) in [6.07, 6.45) is 1.80. The van der Waals surface area contributed by atoms with E-state index < -0.39 is 25.4 Å². The minimum absolute atomic E-state index is 0.189. The van der Waals surface area contributed by atoms with Gasteiger partial charge in [-0.25, -0.2) is 9.67 Å². The van der Waals surface area contributed by atoms with E-state index in [1.54, 1.807) is 49.7 Å². The molecule has 0 saturated carbocycles. The predicted octanol–water partition coefficient (Wildman–Crippen LogP) is 4.52. The molecule has 1 aliphatic heterocycles. The Morgan fingerprint density at radius 2 is 1.89 bits per heavy atom. The second-order valence-electron chi connectivity index (χ2n) is 10.4. The van der Waals surface area contributed by atoms with Gasteiger partial charge in [-0.2, -0.15) is 0 Å². The van der Waals surface area contributed by atoms with Crippen LogP contribution in [0.5, 0.6) is 0 Å². The monoisotopic (exact) mass is 653 g/mol. The maximum absolute atomic E-state index is 13.9. The number of benzene rings is 3. The van der Waals surface area contributed by atoms with Gasteiger partial charge in [-0.15, -0.1) is 5.10 Å². The number of amides is 1. The molecule has 3 aromatic carbocycles. The van der Waals surface area contributed by atoms with Gasteiger partial charge in [0.1, 0.15) is 18.9 Å². The van der Waals surface area contributed by atoms with Crippen molar-refractivity contribution in [2.24, 2.45) is 4.99 Å². The Kier molecular flexibility index (Phi) is 9.12. The van der Waals surface area contributed by atoms with Crippen molar-refractivity contribution in [2.45, 2.75) is 18.8 Å². The number of carbonyl (C=O) groups is 1. The number of carbonyl (C=O) groups excluding carboxylic acids is 1. The minimum atomic E-state index is -2.56. The van der Waals surface area contributed by atoms with Crippen molar-refractivity contribution in [3.8, 4) is 5.69 Å². The maximum atomic E-state index is 13.9. The Labute approximate surface area is 264 Å². The molecule has 2 unspecified atom stereocenters. The van der Waals surface area contributed by atoms with E-state index in [0.717, 1.165) is 5.56 Å². The third-order valence-corrected chi connectivity index (χ3v) is 8.94. The first-order chi connectivity index (χ1) is 20.9. The van der Waals surface area contributed by atoms with Crippen molar-refractivity contribution < 1.29 is 19.2 Å². The SMILES string of the molecule is COC1=CN(C(Cc2ccccc2)C(=O)Nc2ccc(P(C)(C)=O)cc2N)C(O)N=C1c1cc(Cl)ccc1-n1cc(Cl)nn1. The summed E-state index contributed by atoms with van der Waals surface area (Å²) in [6.45, 7) is 3.30. The summed E-state index contributed by atoms with van der Waals surface area (Å²) in [5.41, 5.74) is 9.03. The molecule has 44 heavy (non-hydrogen) atoms. The van der Waals surface area contributed by atoms with Gasteiger partial charge in [-0.3, -0.25) is 4.79 Å². The first-order valence-electron chi connectivity index (χ1n) is 13.4. The number of allylic oxidation sites excluding steroid dienone is 1. The number of nitrogen functional groups attached to an aromatic ring is 1. The van der Waals surface area contributed by atoms with E-state index in [9.17, 15) is 14.5 Å². The number of ether oxygens (including phenoxy) is 1. The van der Waals surface area contributed by atoms with Crippen LogP contribution in [0.2, 0.25) is 10.2 Å². The Bertz CT molecular complexity index is 1810. The van der Waals surface area contributed by atoms with Gasteiger partial charge in [-0.05, 0) is 55.3 Å². The van der Waals surface area contributed by atoms with E-state index in [1.165, 1.54) is 29.1 Å². The van der Waals surface area contributed by atoms with Crippen LogP contribution in [0, 0.1) is 0 Å². The lowest BCUT2D eigenvalue weighted by molar-refractivity contribution is -0.124. The van der Waals surface area contributed by atoms with E-state index in [-0.39, 0.29) is 28.7 Å². The normalized spacial score (nSPS) is 15.8. The highest BCUT2D eigenvalue weighted by molar-refractivity contribution is 7.70. The highest BCUT2D eigenvalue weighted by atomic mass is 35.5. The van der Waals surface area contributed by atoms with Crippen LogP contribution in [0.4, 0.5) is 11.4 Å². The Morgan fingerprint density at radius 3 is 2.52 bits per heavy atom. The number of rotatable bonds is 9.